The molecule has 0 saturated carbocycles. The summed E-state index contributed by atoms with van der Waals surface area (Å²) in [6.07, 6.45) is 5.23. The zero-order valence-corrected chi connectivity index (χ0v) is 33.6. The Kier molecular flexibility index (Phi) is 11.1. The third kappa shape index (κ3) is 6.86. The van der Waals surface area contributed by atoms with E-state index >= 15 is 0 Å². The molecule has 0 aliphatic carbocycles. The average Bonchev–Trinajstić information content (AvgIpc) is 3.90. The Morgan fingerprint density at radius 3 is 1.30 bits per heavy atom. The lowest BCUT2D eigenvalue weighted by Gasteiger charge is -2.25. The van der Waals surface area contributed by atoms with Gasteiger partial charge in [-0.1, -0.05) is 75.7 Å². The molecule has 262 valence electrons. The van der Waals surface area contributed by atoms with Gasteiger partial charge >= 0.3 is 0 Å². The lowest BCUT2D eigenvalue weighted by atomic mass is 10.1. The number of thiocarbonyl (C=S) groups is 2. The van der Waals surface area contributed by atoms with Crippen LogP contribution in [0.1, 0.15) is 73.9 Å². The quantitative estimate of drug-likeness (QED) is 0.158. The van der Waals surface area contributed by atoms with Gasteiger partial charge in [-0.25, -0.2) is 0 Å². The van der Waals surface area contributed by atoms with E-state index in [1.807, 2.05) is 50.3 Å². The topological polar surface area (TPSA) is 81.2 Å². The third-order valence-corrected chi connectivity index (χ3v) is 13.5. The van der Waals surface area contributed by atoms with Crippen molar-refractivity contribution in [1.82, 2.24) is 19.6 Å². The van der Waals surface area contributed by atoms with Gasteiger partial charge in [0.1, 0.15) is 8.64 Å². The van der Waals surface area contributed by atoms with Crippen LogP contribution in [0.3, 0.4) is 0 Å². The van der Waals surface area contributed by atoms with Gasteiger partial charge in [0.05, 0.1) is 42.1 Å². The van der Waals surface area contributed by atoms with E-state index in [0.717, 1.165) is 32.4 Å². The van der Waals surface area contributed by atoms with E-state index in [4.69, 9.17) is 24.4 Å². The molecule has 4 aliphatic rings. The number of thioether (sulfide) groups is 2. The number of carbonyl (C=O) groups is 4. The van der Waals surface area contributed by atoms with Crippen molar-refractivity contribution in [2.75, 3.05) is 26.2 Å². The maximum Gasteiger partial charge on any atom is 0.266 e. The molecular formula is C36H38N4O4S6. The molecule has 4 amide bonds. The first-order chi connectivity index (χ1) is 23.8. The number of thiophene rings is 2. The number of fused-ring (bicyclic) bond motifs is 1. The fourth-order valence-electron chi connectivity index (χ4n) is 6.03. The monoisotopic (exact) mass is 782 g/mol. The minimum atomic E-state index is -0.177. The van der Waals surface area contributed by atoms with Crippen LogP contribution in [0.5, 0.6) is 0 Å². The van der Waals surface area contributed by atoms with Crippen LogP contribution in [0.2, 0.25) is 0 Å². The second-order valence-corrected chi connectivity index (χ2v) is 18.6. The summed E-state index contributed by atoms with van der Waals surface area (Å²) in [6.45, 7) is 14.3. The van der Waals surface area contributed by atoms with E-state index < -0.39 is 0 Å². The Labute approximate surface area is 320 Å². The van der Waals surface area contributed by atoms with Gasteiger partial charge in [0.25, 0.3) is 23.6 Å². The summed E-state index contributed by atoms with van der Waals surface area (Å²) in [6, 6.07) is 7.75. The van der Waals surface area contributed by atoms with Gasteiger partial charge < -0.3 is 9.80 Å². The smallest absolute Gasteiger partial charge is 0.266 e. The Bertz CT molecular complexity index is 1810. The van der Waals surface area contributed by atoms with Crippen molar-refractivity contribution in [3.05, 3.63) is 64.7 Å². The van der Waals surface area contributed by atoms with Gasteiger partial charge in [0, 0.05) is 35.9 Å². The number of likely N-dealkylation sites (N-methyl/N-ethyl adjacent to an activating group) is 2. The lowest BCUT2D eigenvalue weighted by Crippen LogP contribution is -2.31. The summed E-state index contributed by atoms with van der Waals surface area (Å²) in [4.78, 5) is 66.1. The number of hydrogen-bond acceptors (Lipinski definition) is 10. The summed E-state index contributed by atoms with van der Waals surface area (Å²) in [5, 5.41) is 0. The van der Waals surface area contributed by atoms with Crippen LogP contribution in [-0.4, -0.2) is 78.0 Å². The Balaban J connectivity index is 1.45. The normalized spacial score (nSPS) is 20.1. The predicted octanol–water partition coefficient (Wildman–Crippen LogP) is 8.15. The molecule has 0 bridgehead atoms. The fourth-order valence-corrected chi connectivity index (χ4v) is 11.0. The Morgan fingerprint density at radius 1 is 0.600 bits per heavy atom. The van der Waals surface area contributed by atoms with Gasteiger partial charge in [-0.05, 0) is 74.9 Å². The standard InChI is InChI=1S/C36H38N4O4S6/c1-7-37-31(41)25(49-35(37)45)17-21-9-11-23(47-21)29-27-28(34(44)39(29)15-13-19(3)4)30(40(33(27)43)16-14-20(5)6)24-12-10-22(48-24)18-26-32(42)38(8-2)36(46)50-26/h9-12,17-20H,7-8,13-16H2,1-6H3/b25-17-,26-18+. The summed E-state index contributed by atoms with van der Waals surface area (Å²) < 4.78 is 1.08. The number of amides is 4. The van der Waals surface area contributed by atoms with Gasteiger partial charge in [-0.3, -0.25) is 29.0 Å². The number of rotatable bonds is 12. The number of carbonyl (C=O) groups excluding carboxylic acids is 4. The molecule has 8 nitrogen and oxygen atoms in total. The molecule has 4 aliphatic heterocycles. The third-order valence-electron chi connectivity index (χ3n) is 8.69. The van der Waals surface area contributed by atoms with Crippen molar-refractivity contribution in [3.63, 3.8) is 0 Å². The molecule has 2 saturated heterocycles. The fraction of sp³-hybridized carbons (Fsp3) is 0.389. The van der Waals surface area contributed by atoms with Crippen molar-refractivity contribution in [2.45, 2.75) is 54.4 Å². The molecule has 0 spiro atoms. The predicted molar refractivity (Wildman–Crippen MR) is 216 cm³/mol. The molecule has 0 atom stereocenters. The zero-order chi connectivity index (χ0) is 36.0. The van der Waals surface area contributed by atoms with Gasteiger partial charge in [0.15, 0.2) is 0 Å². The highest BCUT2D eigenvalue weighted by Crippen LogP contribution is 2.49. The minimum absolute atomic E-state index is 0.108. The molecule has 2 fully saturated rings. The van der Waals surface area contributed by atoms with Gasteiger partial charge in [0.2, 0.25) is 0 Å². The van der Waals surface area contributed by atoms with Crippen molar-refractivity contribution in [1.29, 1.82) is 0 Å². The number of hydrogen-bond donors (Lipinski definition) is 0. The molecule has 14 heteroatoms. The minimum Gasteiger partial charge on any atom is -0.306 e. The maximum absolute atomic E-state index is 14.6. The summed E-state index contributed by atoms with van der Waals surface area (Å²) >= 11 is 16.3. The molecule has 0 aromatic carbocycles. The van der Waals surface area contributed by atoms with Crippen LogP contribution in [0, 0.1) is 11.8 Å². The van der Waals surface area contributed by atoms with Crippen LogP contribution in [-0.2, 0) is 19.2 Å². The van der Waals surface area contributed by atoms with E-state index in [-0.39, 0.29) is 23.6 Å². The van der Waals surface area contributed by atoms with E-state index in [2.05, 4.69) is 27.7 Å². The second-order valence-electron chi connectivity index (χ2n) is 13.0. The van der Waals surface area contributed by atoms with Gasteiger partial charge in [-0.15, -0.1) is 22.7 Å². The number of nitrogens with zero attached hydrogens (tertiary/aromatic N) is 4. The Morgan fingerprint density at radius 2 is 0.980 bits per heavy atom. The molecule has 0 unspecified atom stereocenters. The highest BCUT2D eigenvalue weighted by atomic mass is 32.2. The highest BCUT2D eigenvalue weighted by Gasteiger charge is 2.49. The molecule has 50 heavy (non-hydrogen) atoms. The lowest BCUT2D eigenvalue weighted by molar-refractivity contribution is -0.124. The van der Waals surface area contributed by atoms with Crippen LogP contribution in [0.15, 0.2) is 45.2 Å². The molecule has 6 rings (SSSR count). The van der Waals surface area contributed by atoms with Crippen molar-refractivity contribution in [3.8, 4) is 0 Å². The first-order valence-corrected chi connectivity index (χ1v) is 20.8. The average molecular weight is 783 g/mol. The highest BCUT2D eigenvalue weighted by molar-refractivity contribution is 8.27. The van der Waals surface area contributed by atoms with Crippen LogP contribution in [0.25, 0.3) is 23.5 Å². The second kappa shape index (κ2) is 15.0. The molecule has 2 aromatic rings. The molecule has 0 N–H and O–H groups in total. The van der Waals surface area contributed by atoms with Crippen molar-refractivity contribution in [2.24, 2.45) is 11.8 Å². The maximum atomic E-state index is 14.6. The van der Waals surface area contributed by atoms with E-state index in [1.54, 1.807) is 19.6 Å². The largest absolute Gasteiger partial charge is 0.306 e. The molecule has 0 radical (unpaired) electrons. The SMILES string of the molecule is CCN1C(=O)/C(=C/c2ccc(C3=C4C(=O)N(CCC(C)C)C(c5ccc(/C=C6/SC(=S)N(CC)C6=O)s5)=C4C(=O)N3CCC(C)C)s2)SC1=S. The van der Waals surface area contributed by atoms with Crippen LogP contribution < -0.4 is 0 Å². The van der Waals surface area contributed by atoms with E-state index in [1.165, 1.54) is 46.2 Å². The van der Waals surface area contributed by atoms with Crippen LogP contribution >= 0.6 is 70.6 Å². The van der Waals surface area contributed by atoms with Gasteiger partial charge in [-0.2, -0.15) is 0 Å². The van der Waals surface area contributed by atoms with E-state index in [9.17, 15) is 19.2 Å². The summed E-state index contributed by atoms with van der Waals surface area (Å²) in [5.41, 5.74) is 2.13. The molecular weight excluding hydrogens is 745 g/mol. The molecule has 6 heterocycles. The first kappa shape index (κ1) is 36.9. The van der Waals surface area contributed by atoms with Crippen LogP contribution in [0.4, 0.5) is 0 Å². The van der Waals surface area contributed by atoms with E-state index in [0.29, 0.717) is 79.0 Å². The summed E-state index contributed by atoms with van der Waals surface area (Å²) in [7, 11) is 0. The Hall–Kier alpha value is -2.88. The summed E-state index contributed by atoms with van der Waals surface area (Å²) in [5.74, 6) is 0.125. The molecule has 2 aromatic heterocycles. The first-order valence-electron chi connectivity index (χ1n) is 16.7. The van der Waals surface area contributed by atoms with Crippen molar-refractivity contribution >= 4 is 126 Å². The van der Waals surface area contributed by atoms with Crippen molar-refractivity contribution < 1.29 is 19.2 Å². The zero-order valence-electron chi connectivity index (χ0n) is 28.7.